The van der Waals surface area contributed by atoms with Gasteiger partial charge in [-0.15, -0.1) is 0 Å². The van der Waals surface area contributed by atoms with Gasteiger partial charge in [0, 0.05) is 30.2 Å². The average molecular weight is 481 g/mol. The van der Waals surface area contributed by atoms with Crippen LogP contribution in [0.1, 0.15) is 27.9 Å². The summed E-state index contributed by atoms with van der Waals surface area (Å²) in [6, 6.07) is 34.3. The van der Waals surface area contributed by atoms with Crippen LogP contribution in [0.25, 0.3) is 17.2 Å². The van der Waals surface area contributed by atoms with Crippen LogP contribution in [0.2, 0.25) is 0 Å². The molecule has 5 nitrogen and oxygen atoms in total. The molecule has 0 aliphatic heterocycles. The number of benzene rings is 4. The number of carbonyl (C=O) groups excluding carboxylic acids is 1. The molecule has 2 N–H and O–H groups in total. The number of carboxylic acid groups (broad SMARTS) is 1. The molecule has 0 unspecified atom stereocenters. The first-order valence-electron chi connectivity index (χ1n) is 11.6. The topological polar surface area (TPSA) is 83.8 Å². The van der Waals surface area contributed by atoms with Gasteiger partial charge in [-0.3, -0.25) is 4.79 Å². The molecule has 0 fully saturated rings. The second-order valence-electron chi connectivity index (χ2n) is 7.80. The predicted octanol–water partition coefficient (Wildman–Crippen LogP) is 6.13. The molecule has 0 aliphatic carbocycles. The summed E-state index contributed by atoms with van der Waals surface area (Å²) in [5.41, 5.74) is 4.33. The molecule has 0 aromatic heterocycles. The van der Waals surface area contributed by atoms with Crippen LogP contribution in [0, 0.1) is 0 Å². The van der Waals surface area contributed by atoms with Gasteiger partial charge in [-0.1, -0.05) is 84.9 Å². The number of rotatable bonds is 9. The smallest absolute Gasteiger partial charge is 0.328 e. The van der Waals surface area contributed by atoms with Crippen molar-refractivity contribution in [3.8, 4) is 16.9 Å². The van der Waals surface area contributed by atoms with E-state index in [-0.39, 0.29) is 12.4 Å². The summed E-state index contributed by atoms with van der Waals surface area (Å²) in [5.74, 6) is -0.490. The zero-order valence-electron chi connectivity index (χ0n) is 19.8. The lowest BCUT2D eigenvalue weighted by atomic mass is 10.0. The van der Waals surface area contributed by atoms with Gasteiger partial charge in [0.1, 0.15) is 5.75 Å². The maximum Gasteiger partial charge on any atom is 0.328 e. The highest BCUT2D eigenvalue weighted by Crippen LogP contribution is 2.18. The number of carboxylic acids is 1. The Labute approximate surface area is 210 Å². The number of hydrogen-bond donors (Lipinski definition) is 2. The summed E-state index contributed by atoms with van der Waals surface area (Å²) >= 11 is 0. The van der Waals surface area contributed by atoms with Crippen molar-refractivity contribution in [3.63, 3.8) is 0 Å². The lowest BCUT2D eigenvalue weighted by molar-refractivity contribution is -0.131. The van der Waals surface area contributed by atoms with Crippen molar-refractivity contribution in [2.75, 3.05) is 13.2 Å². The summed E-state index contributed by atoms with van der Waals surface area (Å²) < 4.78 is 5.42. The van der Waals surface area contributed by atoms with Crippen LogP contribution >= 0.6 is 0 Å². The molecule has 4 rings (SSSR count). The normalized spacial score (nSPS) is 10.4. The van der Waals surface area contributed by atoms with E-state index >= 15 is 0 Å². The van der Waals surface area contributed by atoms with Gasteiger partial charge in [-0.05, 0) is 47.0 Å². The number of aliphatic carboxylic acids is 1. The number of carbonyl (C=O) groups is 2. The molecule has 0 spiro atoms. The van der Waals surface area contributed by atoms with Gasteiger partial charge in [-0.25, -0.2) is 4.79 Å². The highest BCUT2D eigenvalue weighted by Gasteiger charge is 2.09. The SMILES string of the molecule is O=C(O)C=Cc1ccc(C(=O)c2ccc(OCCCO)cc2)cc1.c1ccc(-c2ccccc2)cc1. The Morgan fingerprint density at radius 2 is 1.19 bits per heavy atom. The van der Waals surface area contributed by atoms with Crippen molar-refractivity contribution in [3.05, 3.63) is 132 Å². The molecular formula is C31H28O5. The van der Waals surface area contributed by atoms with Gasteiger partial charge < -0.3 is 14.9 Å². The number of hydrogen-bond acceptors (Lipinski definition) is 4. The van der Waals surface area contributed by atoms with Crippen LogP contribution in [0.3, 0.4) is 0 Å². The fourth-order valence-electron chi connectivity index (χ4n) is 3.30. The molecule has 36 heavy (non-hydrogen) atoms. The molecule has 0 radical (unpaired) electrons. The third-order valence-electron chi connectivity index (χ3n) is 5.16. The van der Waals surface area contributed by atoms with E-state index in [0.29, 0.717) is 35.5 Å². The molecule has 182 valence electrons. The highest BCUT2D eigenvalue weighted by molar-refractivity contribution is 6.09. The molecular weight excluding hydrogens is 452 g/mol. The van der Waals surface area contributed by atoms with E-state index in [4.69, 9.17) is 14.9 Å². The maximum absolute atomic E-state index is 12.4. The lowest BCUT2D eigenvalue weighted by Gasteiger charge is -2.06. The van der Waals surface area contributed by atoms with E-state index in [9.17, 15) is 9.59 Å². The lowest BCUT2D eigenvalue weighted by Crippen LogP contribution is -2.02. The maximum atomic E-state index is 12.4. The standard InChI is InChI=1S/C19H18O5.C12H10/c20-12-1-13-24-17-9-7-16(8-10-17)19(23)15-5-2-14(3-6-15)4-11-18(21)22;1-3-7-11(8-4-1)12-9-5-2-6-10-12/h2-11,20H,1,12-13H2,(H,21,22);1-10H. The van der Waals surface area contributed by atoms with Crippen molar-refractivity contribution < 1.29 is 24.5 Å². The van der Waals surface area contributed by atoms with Gasteiger partial charge in [0.05, 0.1) is 6.61 Å². The van der Waals surface area contributed by atoms with E-state index < -0.39 is 5.97 Å². The number of ether oxygens (including phenoxy) is 1. The van der Waals surface area contributed by atoms with Crippen LogP contribution in [-0.4, -0.2) is 35.2 Å². The number of ketones is 1. The molecule has 0 aliphatic rings. The molecule has 4 aromatic carbocycles. The van der Waals surface area contributed by atoms with Crippen molar-refractivity contribution in [1.82, 2.24) is 0 Å². The number of aliphatic hydroxyl groups excluding tert-OH is 1. The second-order valence-corrected chi connectivity index (χ2v) is 7.80. The Hall–Kier alpha value is -4.48. The first-order valence-corrected chi connectivity index (χ1v) is 11.6. The van der Waals surface area contributed by atoms with Crippen molar-refractivity contribution in [2.45, 2.75) is 6.42 Å². The molecule has 0 atom stereocenters. The Balaban J connectivity index is 0.000000249. The Morgan fingerprint density at radius 1 is 0.694 bits per heavy atom. The van der Waals surface area contributed by atoms with Crippen LogP contribution in [0.4, 0.5) is 0 Å². The minimum absolute atomic E-state index is 0.0776. The largest absolute Gasteiger partial charge is 0.494 e. The first kappa shape index (κ1) is 26.1. The molecule has 0 heterocycles. The first-order chi connectivity index (χ1) is 17.6. The minimum Gasteiger partial charge on any atom is -0.494 e. The molecule has 5 heteroatoms. The Morgan fingerprint density at radius 3 is 1.67 bits per heavy atom. The third-order valence-corrected chi connectivity index (χ3v) is 5.16. The van der Waals surface area contributed by atoms with Gasteiger partial charge >= 0.3 is 5.97 Å². The monoisotopic (exact) mass is 480 g/mol. The molecule has 0 bridgehead atoms. The van der Waals surface area contributed by atoms with Gasteiger partial charge in [-0.2, -0.15) is 0 Å². The fourth-order valence-corrected chi connectivity index (χ4v) is 3.30. The average Bonchev–Trinajstić information content (AvgIpc) is 2.94. The van der Waals surface area contributed by atoms with Gasteiger partial charge in [0.15, 0.2) is 5.78 Å². The van der Waals surface area contributed by atoms with Crippen LogP contribution in [0.15, 0.2) is 115 Å². The second kappa shape index (κ2) is 14.0. The van der Waals surface area contributed by atoms with Crippen LogP contribution < -0.4 is 4.74 Å². The van der Waals surface area contributed by atoms with E-state index in [1.54, 1.807) is 48.5 Å². The minimum atomic E-state index is -1.02. The zero-order valence-corrected chi connectivity index (χ0v) is 19.8. The molecule has 0 saturated heterocycles. The van der Waals surface area contributed by atoms with Crippen molar-refractivity contribution in [1.29, 1.82) is 0 Å². The third kappa shape index (κ3) is 8.38. The van der Waals surface area contributed by atoms with Crippen molar-refractivity contribution >= 4 is 17.8 Å². The van der Waals surface area contributed by atoms with E-state index in [0.717, 1.165) is 6.08 Å². The van der Waals surface area contributed by atoms with Gasteiger partial charge in [0.2, 0.25) is 0 Å². The van der Waals surface area contributed by atoms with Crippen LogP contribution in [0.5, 0.6) is 5.75 Å². The number of aliphatic hydroxyl groups is 1. The molecule has 4 aromatic rings. The summed E-state index contributed by atoms with van der Waals surface area (Å²) in [4.78, 5) is 22.9. The molecule has 0 amide bonds. The summed E-state index contributed by atoms with van der Waals surface area (Å²) in [6.45, 7) is 0.503. The summed E-state index contributed by atoms with van der Waals surface area (Å²) in [7, 11) is 0. The zero-order chi connectivity index (χ0) is 25.6. The highest BCUT2D eigenvalue weighted by atomic mass is 16.5. The van der Waals surface area contributed by atoms with E-state index in [2.05, 4.69) is 48.5 Å². The van der Waals surface area contributed by atoms with E-state index in [1.165, 1.54) is 17.2 Å². The fraction of sp³-hybridized carbons (Fsp3) is 0.0968. The van der Waals surface area contributed by atoms with E-state index in [1.807, 2.05) is 12.1 Å². The Bertz CT molecular complexity index is 1210. The quantitative estimate of drug-likeness (QED) is 0.171. The molecule has 0 saturated carbocycles. The van der Waals surface area contributed by atoms with Crippen LogP contribution in [-0.2, 0) is 4.79 Å². The van der Waals surface area contributed by atoms with Crippen molar-refractivity contribution in [2.24, 2.45) is 0 Å². The Kier molecular flexibility index (Phi) is 10.2. The van der Waals surface area contributed by atoms with Gasteiger partial charge in [0.25, 0.3) is 0 Å². The summed E-state index contributed by atoms with van der Waals surface area (Å²) in [6.07, 6.45) is 3.07. The summed E-state index contributed by atoms with van der Waals surface area (Å²) in [5, 5.41) is 17.3. The predicted molar refractivity (Wildman–Crippen MR) is 142 cm³/mol.